The lowest BCUT2D eigenvalue weighted by Gasteiger charge is -2.29. The molecule has 2 rings (SSSR count). The summed E-state index contributed by atoms with van der Waals surface area (Å²) in [5, 5.41) is 12.3. The van der Waals surface area contributed by atoms with Gasteiger partial charge in [-0.15, -0.1) is 0 Å². The van der Waals surface area contributed by atoms with E-state index in [4.69, 9.17) is 5.11 Å². The number of aliphatic hydroxyl groups is 1. The Kier molecular flexibility index (Phi) is 4.87. The molecular weight excluding hydrogens is 242 g/mol. The van der Waals surface area contributed by atoms with Gasteiger partial charge in [-0.2, -0.15) is 0 Å². The summed E-state index contributed by atoms with van der Waals surface area (Å²) in [4.78, 5) is 18.4. The monoisotopic (exact) mass is 263 g/mol. The highest BCUT2D eigenvalue weighted by atomic mass is 16.3. The van der Waals surface area contributed by atoms with Crippen LogP contribution in [0.25, 0.3) is 0 Å². The summed E-state index contributed by atoms with van der Waals surface area (Å²) in [6, 6.07) is 3.80. The summed E-state index contributed by atoms with van der Waals surface area (Å²) >= 11 is 0. The van der Waals surface area contributed by atoms with Crippen LogP contribution < -0.4 is 5.32 Å². The average Bonchev–Trinajstić information content (AvgIpc) is 2.55. The molecule has 5 heteroatoms. The van der Waals surface area contributed by atoms with E-state index in [1.54, 1.807) is 12.4 Å². The number of hydrogen-bond donors (Lipinski definition) is 2. The molecule has 104 valence electrons. The first-order valence-corrected chi connectivity index (χ1v) is 6.76. The summed E-state index contributed by atoms with van der Waals surface area (Å²) in [5.74, 6) is 0.0795. The smallest absolute Gasteiger partial charge is 0.240 e. The first-order chi connectivity index (χ1) is 9.22. The fourth-order valence-electron chi connectivity index (χ4n) is 2.40. The third-order valence-electron chi connectivity index (χ3n) is 3.59. The fraction of sp³-hybridized carbons (Fsp3) is 0.571. The summed E-state index contributed by atoms with van der Waals surface area (Å²) in [6.45, 7) is 3.51. The minimum Gasteiger partial charge on any atom is -0.396 e. The zero-order chi connectivity index (χ0) is 13.7. The molecule has 1 aromatic heterocycles. The molecule has 5 nitrogen and oxygen atoms in total. The maximum Gasteiger partial charge on any atom is 0.240 e. The van der Waals surface area contributed by atoms with Crippen molar-refractivity contribution in [1.82, 2.24) is 15.2 Å². The van der Waals surface area contributed by atoms with Crippen LogP contribution in [-0.4, -0.2) is 46.1 Å². The van der Waals surface area contributed by atoms with Gasteiger partial charge in [-0.05, 0) is 44.0 Å². The minimum absolute atomic E-state index is 0.0287. The molecule has 2 heterocycles. The molecule has 0 aromatic carbocycles. The van der Waals surface area contributed by atoms with Crippen LogP contribution in [-0.2, 0) is 11.3 Å². The summed E-state index contributed by atoms with van der Waals surface area (Å²) in [5.41, 5.74) is 1.08. The Bertz CT molecular complexity index is 410. The van der Waals surface area contributed by atoms with Crippen molar-refractivity contribution in [3.05, 3.63) is 30.1 Å². The fourth-order valence-corrected chi connectivity index (χ4v) is 2.40. The van der Waals surface area contributed by atoms with Crippen LogP contribution in [0.4, 0.5) is 0 Å². The Morgan fingerprint density at radius 3 is 2.89 bits per heavy atom. The molecule has 0 saturated carbocycles. The van der Waals surface area contributed by atoms with Gasteiger partial charge in [0, 0.05) is 31.6 Å². The van der Waals surface area contributed by atoms with Crippen molar-refractivity contribution < 1.29 is 9.90 Å². The van der Waals surface area contributed by atoms with Gasteiger partial charge in [-0.3, -0.25) is 9.78 Å². The second-order valence-corrected chi connectivity index (χ2v) is 4.98. The van der Waals surface area contributed by atoms with Gasteiger partial charge in [0.1, 0.15) is 0 Å². The topological polar surface area (TPSA) is 65.5 Å². The van der Waals surface area contributed by atoms with E-state index in [-0.39, 0.29) is 24.6 Å². The van der Waals surface area contributed by atoms with E-state index in [0.717, 1.165) is 18.5 Å². The normalized spacial score (nSPS) is 24.3. The Labute approximate surface area is 113 Å². The molecule has 2 unspecified atom stereocenters. The van der Waals surface area contributed by atoms with Gasteiger partial charge in [-0.1, -0.05) is 0 Å². The maximum atomic E-state index is 12.5. The van der Waals surface area contributed by atoms with Crippen molar-refractivity contribution in [3.8, 4) is 0 Å². The highest BCUT2D eigenvalue weighted by molar-refractivity contribution is 5.82. The number of nitrogens with one attached hydrogen (secondary N) is 1. The van der Waals surface area contributed by atoms with Crippen LogP contribution in [0.2, 0.25) is 0 Å². The molecule has 19 heavy (non-hydrogen) atoms. The number of aromatic nitrogens is 1. The molecular formula is C14H21N3O2. The van der Waals surface area contributed by atoms with Crippen molar-refractivity contribution in [1.29, 1.82) is 0 Å². The molecule has 2 N–H and O–H groups in total. The number of aliphatic hydroxyl groups excluding tert-OH is 1. The lowest BCUT2D eigenvalue weighted by atomic mass is 10.1. The lowest BCUT2D eigenvalue weighted by molar-refractivity contribution is -0.135. The molecule has 0 bridgehead atoms. The summed E-state index contributed by atoms with van der Waals surface area (Å²) in [6.07, 6.45) is 4.88. The molecule has 1 fully saturated rings. The minimum atomic E-state index is -0.267. The largest absolute Gasteiger partial charge is 0.396 e. The van der Waals surface area contributed by atoms with Crippen molar-refractivity contribution >= 4 is 5.91 Å². The zero-order valence-corrected chi connectivity index (χ0v) is 11.2. The van der Waals surface area contributed by atoms with Gasteiger partial charge < -0.3 is 15.3 Å². The molecule has 1 aromatic rings. The van der Waals surface area contributed by atoms with Crippen molar-refractivity contribution in [3.63, 3.8) is 0 Å². The van der Waals surface area contributed by atoms with Gasteiger partial charge in [0.2, 0.25) is 5.91 Å². The van der Waals surface area contributed by atoms with E-state index in [1.165, 1.54) is 0 Å². The third kappa shape index (κ3) is 3.52. The van der Waals surface area contributed by atoms with E-state index in [9.17, 15) is 4.79 Å². The molecule has 2 atom stereocenters. The standard InChI is InChI=1S/C14H21N3O2/c1-11-2-8-16-13(5-9-18)14(19)17(11)10-12-3-6-15-7-4-12/h3-4,6-7,11,13,16,18H,2,5,8-10H2,1H3. The van der Waals surface area contributed by atoms with Crippen LogP contribution in [0.1, 0.15) is 25.3 Å². The number of pyridine rings is 1. The van der Waals surface area contributed by atoms with E-state index >= 15 is 0 Å². The predicted octanol–water partition coefficient (Wildman–Crippen LogP) is 0.543. The number of hydrogen-bond acceptors (Lipinski definition) is 4. The lowest BCUT2D eigenvalue weighted by Crippen LogP contribution is -2.45. The van der Waals surface area contributed by atoms with Gasteiger partial charge in [-0.25, -0.2) is 0 Å². The highest BCUT2D eigenvalue weighted by Gasteiger charge is 2.30. The molecule has 0 spiro atoms. The number of amides is 1. The Morgan fingerprint density at radius 1 is 1.47 bits per heavy atom. The first-order valence-electron chi connectivity index (χ1n) is 6.76. The second-order valence-electron chi connectivity index (χ2n) is 4.98. The zero-order valence-electron chi connectivity index (χ0n) is 11.2. The predicted molar refractivity (Wildman–Crippen MR) is 72.4 cm³/mol. The van der Waals surface area contributed by atoms with Gasteiger partial charge in [0.05, 0.1) is 6.04 Å². The van der Waals surface area contributed by atoms with Crippen LogP contribution >= 0.6 is 0 Å². The van der Waals surface area contributed by atoms with Gasteiger partial charge >= 0.3 is 0 Å². The molecule has 1 aliphatic heterocycles. The van der Waals surface area contributed by atoms with Crippen molar-refractivity contribution in [2.24, 2.45) is 0 Å². The second kappa shape index (κ2) is 6.63. The number of carbonyl (C=O) groups excluding carboxylic acids is 1. The van der Waals surface area contributed by atoms with Gasteiger partial charge in [0.15, 0.2) is 0 Å². The van der Waals surface area contributed by atoms with E-state index in [0.29, 0.717) is 13.0 Å². The number of nitrogens with zero attached hydrogens (tertiary/aromatic N) is 2. The quantitative estimate of drug-likeness (QED) is 0.832. The summed E-state index contributed by atoms with van der Waals surface area (Å²) < 4.78 is 0. The summed E-state index contributed by atoms with van der Waals surface area (Å²) in [7, 11) is 0. The first kappa shape index (κ1) is 14.0. The Balaban J connectivity index is 2.12. The molecule has 1 aliphatic rings. The van der Waals surface area contributed by atoms with Crippen LogP contribution in [0.15, 0.2) is 24.5 Å². The molecule has 0 aliphatic carbocycles. The van der Waals surface area contributed by atoms with Crippen molar-refractivity contribution in [2.75, 3.05) is 13.2 Å². The van der Waals surface area contributed by atoms with E-state index < -0.39 is 0 Å². The van der Waals surface area contributed by atoms with Crippen LogP contribution in [0, 0.1) is 0 Å². The molecule has 0 radical (unpaired) electrons. The van der Waals surface area contributed by atoms with E-state index in [2.05, 4.69) is 17.2 Å². The van der Waals surface area contributed by atoms with Crippen LogP contribution in [0.5, 0.6) is 0 Å². The SMILES string of the molecule is CC1CCNC(CCO)C(=O)N1Cc1ccncc1. The van der Waals surface area contributed by atoms with Gasteiger partial charge in [0.25, 0.3) is 0 Å². The van der Waals surface area contributed by atoms with Crippen LogP contribution in [0.3, 0.4) is 0 Å². The molecule has 1 amide bonds. The highest BCUT2D eigenvalue weighted by Crippen LogP contribution is 2.15. The average molecular weight is 263 g/mol. The number of carbonyl (C=O) groups is 1. The Hall–Kier alpha value is -1.46. The third-order valence-corrected chi connectivity index (χ3v) is 3.59. The van der Waals surface area contributed by atoms with Crippen molar-refractivity contribution in [2.45, 2.75) is 38.4 Å². The molecule has 1 saturated heterocycles. The Morgan fingerprint density at radius 2 is 2.21 bits per heavy atom. The maximum absolute atomic E-state index is 12.5. The number of rotatable bonds is 4. The van der Waals surface area contributed by atoms with E-state index in [1.807, 2.05) is 17.0 Å².